The van der Waals surface area contributed by atoms with Crippen molar-refractivity contribution in [3.05, 3.63) is 35.0 Å². The molecular weight excluding hydrogens is 221 g/mol. The van der Waals surface area contributed by atoms with Crippen molar-refractivity contribution in [2.45, 2.75) is 18.8 Å². The molecule has 0 radical (unpaired) electrons. The van der Waals surface area contributed by atoms with Crippen LogP contribution in [-0.4, -0.2) is 13.1 Å². The second-order valence-electron chi connectivity index (χ2n) is 4.32. The number of hydrogen-bond acceptors (Lipinski definition) is 2. The average Bonchev–Trinajstić information content (AvgIpc) is 2.76. The van der Waals surface area contributed by atoms with Crippen molar-refractivity contribution in [3.8, 4) is 0 Å². The van der Waals surface area contributed by atoms with Crippen molar-refractivity contribution >= 4 is 21.4 Å². The average molecular weight is 235 g/mol. The molecule has 1 aromatic carbocycles. The third-order valence-corrected chi connectivity index (χ3v) is 4.53. The fourth-order valence-corrected chi connectivity index (χ4v) is 3.60. The molecule has 84 valence electrons. The molecular formula is C13H14FNS. The normalized spacial score (nSPS) is 18.1. The zero-order valence-electron chi connectivity index (χ0n) is 9.00. The summed E-state index contributed by atoms with van der Waals surface area (Å²) in [7, 11) is 0. The summed E-state index contributed by atoms with van der Waals surface area (Å²) < 4.78 is 14.6. The minimum atomic E-state index is -0.0889. The Labute approximate surface area is 98.3 Å². The summed E-state index contributed by atoms with van der Waals surface area (Å²) in [4.78, 5) is 1.35. The van der Waals surface area contributed by atoms with Crippen LogP contribution in [0, 0.1) is 5.82 Å². The van der Waals surface area contributed by atoms with E-state index < -0.39 is 0 Å². The minimum Gasteiger partial charge on any atom is -0.317 e. The number of hydrogen-bond donors (Lipinski definition) is 1. The van der Waals surface area contributed by atoms with Crippen molar-refractivity contribution < 1.29 is 4.39 Å². The lowest BCUT2D eigenvalue weighted by Crippen LogP contribution is -2.26. The van der Waals surface area contributed by atoms with Gasteiger partial charge >= 0.3 is 0 Å². The largest absolute Gasteiger partial charge is 0.317 e. The maximum Gasteiger partial charge on any atom is 0.131 e. The highest BCUT2D eigenvalue weighted by molar-refractivity contribution is 7.19. The van der Waals surface area contributed by atoms with Gasteiger partial charge in [-0.25, -0.2) is 4.39 Å². The second kappa shape index (κ2) is 4.15. The van der Waals surface area contributed by atoms with Crippen molar-refractivity contribution in [3.63, 3.8) is 0 Å². The molecule has 0 atom stereocenters. The van der Waals surface area contributed by atoms with Crippen LogP contribution in [0.3, 0.4) is 0 Å². The molecule has 2 aromatic rings. The molecule has 0 amide bonds. The highest BCUT2D eigenvalue weighted by Gasteiger charge is 2.18. The lowest BCUT2D eigenvalue weighted by Gasteiger charge is -2.21. The molecule has 1 N–H and O–H groups in total. The topological polar surface area (TPSA) is 12.0 Å². The van der Waals surface area contributed by atoms with Crippen LogP contribution in [0.4, 0.5) is 4.39 Å². The van der Waals surface area contributed by atoms with E-state index in [1.54, 1.807) is 23.5 Å². The highest BCUT2D eigenvalue weighted by Crippen LogP contribution is 2.35. The molecule has 0 aliphatic carbocycles. The molecule has 1 fully saturated rings. The molecule has 0 bridgehead atoms. The molecule has 16 heavy (non-hydrogen) atoms. The van der Waals surface area contributed by atoms with Gasteiger partial charge in [-0.3, -0.25) is 0 Å². The Morgan fingerprint density at radius 2 is 2.06 bits per heavy atom. The van der Waals surface area contributed by atoms with Gasteiger partial charge in [-0.05, 0) is 50.0 Å². The molecule has 0 unspecified atom stereocenters. The molecule has 3 heteroatoms. The third kappa shape index (κ3) is 1.74. The molecule has 2 heterocycles. The third-order valence-electron chi connectivity index (χ3n) is 3.27. The second-order valence-corrected chi connectivity index (χ2v) is 5.44. The van der Waals surface area contributed by atoms with Crippen LogP contribution in [0.15, 0.2) is 24.3 Å². The molecule has 0 saturated carbocycles. The van der Waals surface area contributed by atoms with Gasteiger partial charge in [0.2, 0.25) is 0 Å². The number of halogens is 1. The first-order chi connectivity index (χ1) is 7.84. The van der Waals surface area contributed by atoms with Gasteiger partial charge in [0.15, 0.2) is 0 Å². The Hall–Kier alpha value is -0.930. The maximum absolute atomic E-state index is 13.6. The summed E-state index contributed by atoms with van der Waals surface area (Å²) in [5.41, 5.74) is 0. The van der Waals surface area contributed by atoms with Gasteiger partial charge in [0.1, 0.15) is 5.82 Å². The summed E-state index contributed by atoms with van der Waals surface area (Å²) in [5.74, 6) is 0.534. The summed E-state index contributed by atoms with van der Waals surface area (Å²) in [6, 6.07) is 7.39. The first kappa shape index (κ1) is 10.2. The van der Waals surface area contributed by atoms with Crippen LogP contribution < -0.4 is 5.32 Å². The van der Waals surface area contributed by atoms with Gasteiger partial charge in [0, 0.05) is 15.0 Å². The number of thiophene rings is 1. The van der Waals surface area contributed by atoms with Crippen LogP contribution >= 0.6 is 11.3 Å². The number of rotatable bonds is 1. The molecule has 0 spiro atoms. The number of benzene rings is 1. The molecule has 3 rings (SSSR count). The predicted octanol–water partition coefficient (Wildman–Crippen LogP) is 3.51. The smallest absolute Gasteiger partial charge is 0.131 e. The Balaban J connectivity index is 2.01. The van der Waals surface area contributed by atoms with Gasteiger partial charge < -0.3 is 5.32 Å². The minimum absolute atomic E-state index is 0.0889. The Morgan fingerprint density at radius 3 is 2.81 bits per heavy atom. The zero-order chi connectivity index (χ0) is 11.0. The number of fused-ring (bicyclic) bond motifs is 1. The van der Waals surface area contributed by atoms with Gasteiger partial charge in [0.05, 0.1) is 0 Å². The maximum atomic E-state index is 13.6. The Bertz CT molecular complexity index is 500. The van der Waals surface area contributed by atoms with Gasteiger partial charge in [0.25, 0.3) is 0 Å². The van der Waals surface area contributed by atoms with E-state index in [0.29, 0.717) is 5.92 Å². The molecule has 1 saturated heterocycles. The molecule has 1 aliphatic heterocycles. The first-order valence-electron chi connectivity index (χ1n) is 5.73. The molecule has 1 aliphatic rings. The lowest BCUT2D eigenvalue weighted by atomic mass is 9.96. The summed E-state index contributed by atoms with van der Waals surface area (Å²) >= 11 is 1.75. The Kier molecular flexibility index (Phi) is 2.65. The van der Waals surface area contributed by atoms with Crippen LogP contribution in [0.5, 0.6) is 0 Å². The summed E-state index contributed by atoms with van der Waals surface area (Å²) in [5, 5.41) is 4.15. The van der Waals surface area contributed by atoms with E-state index in [4.69, 9.17) is 0 Å². The van der Waals surface area contributed by atoms with E-state index in [-0.39, 0.29) is 5.82 Å². The fraction of sp³-hybridized carbons (Fsp3) is 0.385. The van der Waals surface area contributed by atoms with Gasteiger partial charge in [-0.1, -0.05) is 6.07 Å². The fourth-order valence-electron chi connectivity index (χ4n) is 2.35. The van der Waals surface area contributed by atoms with Crippen LogP contribution in [-0.2, 0) is 0 Å². The van der Waals surface area contributed by atoms with Crippen molar-refractivity contribution in [1.29, 1.82) is 0 Å². The van der Waals surface area contributed by atoms with Crippen molar-refractivity contribution in [2.24, 2.45) is 0 Å². The number of nitrogens with one attached hydrogen (secondary N) is 1. The van der Waals surface area contributed by atoms with E-state index in [2.05, 4.69) is 5.32 Å². The van der Waals surface area contributed by atoms with Gasteiger partial charge in [-0.15, -0.1) is 11.3 Å². The molecule has 1 aromatic heterocycles. The summed E-state index contributed by atoms with van der Waals surface area (Å²) in [6.45, 7) is 2.17. The number of piperidine rings is 1. The lowest BCUT2D eigenvalue weighted by molar-refractivity contribution is 0.465. The Morgan fingerprint density at radius 1 is 1.25 bits per heavy atom. The highest BCUT2D eigenvalue weighted by atomic mass is 32.1. The van der Waals surface area contributed by atoms with E-state index in [0.717, 1.165) is 23.2 Å². The first-order valence-corrected chi connectivity index (χ1v) is 6.55. The van der Waals surface area contributed by atoms with Crippen molar-refractivity contribution in [2.75, 3.05) is 13.1 Å². The van der Waals surface area contributed by atoms with E-state index in [9.17, 15) is 4.39 Å². The summed E-state index contributed by atoms with van der Waals surface area (Å²) in [6.07, 6.45) is 2.35. The monoisotopic (exact) mass is 235 g/mol. The van der Waals surface area contributed by atoms with Gasteiger partial charge in [-0.2, -0.15) is 0 Å². The quantitative estimate of drug-likeness (QED) is 0.797. The predicted molar refractivity (Wildman–Crippen MR) is 66.6 cm³/mol. The van der Waals surface area contributed by atoms with E-state index >= 15 is 0 Å². The molecule has 1 nitrogen and oxygen atoms in total. The van der Waals surface area contributed by atoms with Crippen LogP contribution in [0.2, 0.25) is 0 Å². The van der Waals surface area contributed by atoms with Crippen LogP contribution in [0.1, 0.15) is 23.6 Å². The zero-order valence-corrected chi connectivity index (χ0v) is 9.82. The van der Waals surface area contributed by atoms with E-state index in [1.807, 2.05) is 12.1 Å². The SMILES string of the molecule is Fc1cccc2sc(C3CCNCC3)cc12. The van der Waals surface area contributed by atoms with Crippen molar-refractivity contribution in [1.82, 2.24) is 5.32 Å². The van der Waals surface area contributed by atoms with Crippen LogP contribution in [0.25, 0.3) is 10.1 Å². The standard InChI is InChI=1S/C13H14FNS/c14-11-2-1-3-12-10(11)8-13(16-12)9-4-6-15-7-5-9/h1-3,8-9,15H,4-7H2. The van der Waals surface area contributed by atoms with E-state index in [1.165, 1.54) is 17.7 Å².